The number of likely N-dealkylation sites (tertiary alicyclic amines) is 1. The van der Waals surface area contributed by atoms with Crippen LogP contribution in [-0.4, -0.2) is 52.9 Å². The van der Waals surface area contributed by atoms with Crippen molar-refractivity contribution in [1.82, 2.24) is 19.7 Å². The molecule has 0 bridgehead atoms. The highest BCUT2D eigenvalue weighted by Gasteiger charge is 2.54. The summed E-state index contributed by atoms with van der Waals surface area (Å²) in [6.45, 7) is 2.46. The van der Waals surface area contributed by atoms with Gasteiger partial charge < -0.3 is 18.9 Å². The van der Waals surface area contributed by atoms with E-state index >= 15 is 0 Å². The van der Waals surface area contributed by atoms with E-state index in [-0.39, 0.29) is 17.2 Å². The second-order valence-corrected chi connectivity index (χ2v) is 8.78. The Morgan fingerprint density at radius 1 is 1.24 bits per heavy atom. The number of hydrogen-bond donors (Lipinski definition) is 0. The van der Waals surface area contributed by atoms with Crippen LogP contribution in [0.4, 0.5) is 0 Å². The molecule has 0 radical (unpaired) electrons. The van der Waals surface area contributed by atoms with Crippen LogP contribution in [0, 0.1) is 11.3 Å². The number of carbonyl (C=O) groups excluding carboxylic acids is 1. The zero-order chi connectivity index (χ0) is 20.0. The Hall–Kier alpha value is -2.57. The van der Waals surface area contributed by atoms with Crippen LogP contribution in [0.1, 0.15) is 54.2 Å². The van der Waals surface area contributed by atoms with Gasteiger partial charge in [0.05, 0.1) is 19.8 Å². The molecule has 1 aliphatic heterocycles. The van der Waals surface area contributed by atoms with Crippen LogP contribution < -0.4 is 9.47 Å². The van der Waals surface area contributed by atoms with E-state index in [1.54, 1.807) is 14.2 Å². The highest BCUT2D eigenvalue weighted by atomic mass is 16.5. The maximum absolute atomic E-state index is 13.5. The number of ether oxygens (including phenoxy) is 2. The second kappa shape index (κ2) is 7.04. The van der Waals surface area contributed by atoms with E-state index in [2.05, 4.69) is 14.8 Å². The number of rotatable bonds is 6. The van der Waals surface area contributed by atoms with Crippen LogP contribution in [-0.2, 0) is 6.54 Å². The van der Waals surface area contributed by atoms with Crippen molar-refractivity contribution in [3.63, 3.8) is 0 Å². The van der Waals surface area contributed by atoms with Crippen molar-refractivity contribution in [3.05, 3.63) is 35.9 Å². The summed E-state index contributed by atoms with van der Waals surface area (Å²) in [7, 11) is 3.17. The molecule has 1 atom stereocenters. The van der Waals surface area contributed by atoms with E-state index in [0.29, 0.717) is 23.6 Å². The topological polar surface area (TPSA) is 69.5 Å². The molecule has 1 amide bonds. The van der Waals surface area contributed by atoms with Crippen molar-refractivity contribution in [3.8, 4) is 11.5 Å². The van der Waals surface area contributed by atoms with E-state index in [0.717, 1.165) is 37.7 Å². The Balaban J connectivity index is 1.44. The molecule has 1 saturated heterocycles. The molecule has 1 unspecified atom stereocenters. The smallest absolute Gasteiger partial charge is 0.257 e. The Kier molecular flexibility index (Phi) is 4.48. The summed E-state index contributed by atoms with van der Waals surface area (Å²) < 4.78 is 13.1. The van der Waals surface area contributed by atoms with Crippen molar-refractivity contribution in [2.45, 2.75) is 44.6 Å². The first-order chi connectivity index (χ1) is 14.1. The standard InChI is InChI=1S/C22H28N4O3/c1-28-18-6-3-5-16(19(18)29-2)21(27)25-12-17(22(13-25)9-4-10-22)20-24-23-14-26(20)11-15-7-8-15/h3,5-6,14-15,17H,4,7-13H2,1-2H3. The minimum absolute atomic E-state index is 0.00258. The van der Waals surface area contributed by atoms with Gasteiger partial charge in [0, 0.05) is 25.6 Å². The third-order valence-electron chi connectivity index (χ3n) is 7.03. The molecular formula is C22H28N4O3. The molecule has 2 heterocycles. The molecule has 7 nitrogen and oxygen atoms in total. The third-order valence-corrected chi connectivity index (χ3v) is 7.03. The molecule has 5 rings (SSSR count). The van der Waals surface area contributed by atoms with Gasteiger partial charge >= 0.3 is 0 Å². The fraction of sp³-hybridized carbons (Fsp3) is 0.591. The third kappa shape index (κ3) is 3.07. The molecule has 1 spiro atoms. The number of benzene rings is 1. The summed E-state index contributed by atoms with van der Waals surface area (Å²) in [5.74, 6) is 3.16. The lowest BCUT2D eigenvalue weighted by Gasteiger charge is -2.42. The van der Waals surface area contributed by atoms with Gasteiger partial charge in [-0.3, -0.25) is 4.79 Å². The first-order valence-corrected chi connectivity index (χ1v) is 10.5. The molecule has 2 saturated carbocycles. The largest absolute Gasteiger partial charge is 0.493 e. The number of hydrogen-bond acceptors (Lipinski definition) is 5. The van der Waals surface area contributed by atoms with Gasteiger partial charge in [-0.05, 0) is 49.1 Å². The summed E-state index contributed by atoms with van der Waals surface area (Å²) in [4.78, 5) is 15.4. The highest BCUT2D eigenvalue weighted by molar-refractivity contribution is 5.98. The molecule has 3 fully saturated rings. The Morgan fingerprint density at radius 3 is 2.72 bits per heavy atom. The summed E-state index contributed by atoms with van der Waals surface area (Å²) >= 11 is 0. The second-order valence-electron chi connectivity index (χ2n) is 8.78. The molecule has 0 N–H and O–H groups in total. The lowest BCUT2D eigenvalue weighted by Crippen LogP contribution is -2.38. The van der Waals surface area contributed by atoms with E-state index in [1.807, 2.05) is 29.4 Å². The van der Waals surface area contributed by atoms with Gasteiger partial charge in [-0.2, -0.15) is 0 Å². The maximum atomic E-state index is 13.5. The fourth-order valence-corrected chi connectivity index (χ4v) is 5.10. The molecule has 3 aliphatic rings. The first-order valence-electron chi connectivity index (χ1n) is 10.5. The fourth-order valence-electron chi connectivity index (χ4n) is 5.10. The Morgan fingerprint density at radius 2 is 2.07 bits per heavy atom. The summed E-state index contributed by atoms with van der Waals surface area (Å²) in [5, 5.41) is 8.74. The van der Waals surface area contributed by atoms with Gasteiger partial charge in [-0.25, -0.2) is 0 Å². The molecule has 29 heavy (non-hydrogen) atoms. The van der Waals surface area contributed by atoms with Crippen LogP contribution in [0.15, 0.2) is 24.5 Å². The molecule has 1 aromatic carbocycles. The van der Waals surface area contributed by atoms with Crippen molar-refractivity contribution in [2.24, 2.45) is 11.3 Å². The van der Waals surface area contributed by atoms with Crippen LogP contribution in [0.5, 0.6) is 11.5 Å². The summed E-state index contributed by atoms with van der Waals surface area (Å²) in [5.41, 5.74) is 0.692. The number of carbonyl (C=O) groups is 1. The number of nitrogens with zero attached hydrogens (tertiary/aromatic N) is 4. The summed E-state index contributed by atoms with van der Waals surface area (Å²) in [6.07, 6.45) is 7.98. The predicted octanol–water partition coefficient (Wildman–Crippen LogP) is 3.12. The first kappa shape index (κ1) is 18.5. The number of methoxy groups -OCH3 is 2. The molecule has 2 aromatic rings. The highest BCUT2D eigenvalue weighted by Crippen LogP contribution is 2.56. The molecule has 1 aromatic heterocycles. The average molecular weight is 396 g/mol. The zero-order valence-corrected chi connectivity index (χ0v) is 17.1. The van der Waals surface area contributed by atoms with Gasteiger partial charge in [-0.15, -0.1) is 10.2 Å². The van der Waals surface area contributed by atoms with E-state index in [1.165, 1.54) is 19.3 Å². The normalized spacial score (nSPS) is 22.6. The number of aromatic nitrogens is 3. The summed E-state index contributed by atoms with van der Waals surface area (Å²) in [6, 6.07) is 5.48. The minimum Gasteiger partial charge on any atom is -0.493 e. The van der Waals surface area contributed by atoms with Gasteiger partial charge in [0.2, 0.25) is 0 Å². The van der Waals surface area contributed by atoms with Crippen molar-refractivity contribution in [1.29, 1.82) is 0 Å². The van der Waals surface area contributed by atoms with E-state index in [4.69, 9.17) is 9.47 Å². The molecule has 7 heteroatoms. The monoisotopic (exact) mass is 396 g/mol. The van der Waals surface area contributed by atoms with Crippen LogP contribution in [0.2, 0.25) is 0 Å². The Labute approximate surface area is 171 Å². The zero-order valence-electron chi connectivity index (χ0n) is 17.1. The number of amides is 1. The average Bonchev–Trinajstić information content (AvgIpc) is 3.25. The van der Waals surface area contributed by atoms with Crippen molar-refractivity contribution < 1.29 is 14.3 Å². The van der Waals surface area contributed by atoms with Crippen LogP contribution in [0.25, 0.3) is 0 Å². The van der Waals surface area contributed by atoms with Crippen molar-refractivity contribution in [2.75, 3.05) is 27.3 Å². The van der Waals surface area contributed by atoms with Gasteiger partial charge in [0.1, 0.15) is 12.2 Å². The SMILES string of the molecule is COc1cccc(C(=O)N2CC(c3nncn3CC3CC3)C3(CCC3)C2)c1OC. The quantitative estimate of drug-likeness (QED) is 0.750. The van der Waals surface area contributed by atoms with Gasteiger partial charge in [0.25, 0.3) is 5.91 Å². The molecular weight excluding hydrogens is 368 g/mol. The number of para-hydroxylation sites is 1. The van der Waals surface area contributed by atoms with Crippen LogP contribution >= 0.6 is 0 Å². The van der Waals surface area contributed by atoms with Crippen LogP contribution in [0.3, 0.4) is 0 Å². The maximum Gasteiger partial charge on any atom is 0.257 e. The molecule has 154 valence electrons. The van der Waals surface area contributed by atoms with Crippen molar-refractivity contribution >= 4 is 5.91 Å². The Bertz CT molecular complexity index is 917. The molecule has 2 aliphatic carbocycles. The predicted molar refractivity (Wildman–Crippen MR) is 107 cm³/mol. The lowest BCUT2D eigenvalue weighted by atomic mass is 9.62. The van der Waals surface area contributed by atoms with E-state index in [9.17, 15) is 4.79 Å². The van der Waals surface area contributed by atoms with Gasteiger partial charge in [-0.1, -0.05) is 12.5 Å². The van der Waals surface area contributed by atoms with E-state index < -0.39 is 0 Å². The minimum atomic E-state index is 0.00258. The van der Waals surface area contributed by atoms with Gasteiger partial charge in [0.15, 0.2) is 11.5 Å². The lowest BCUT2D eigenvalue weighted by molar-refractivity contribution is 0.0719.